The smallest absolute Gasteiger partial charge is 0.312 e. The summed E-state index contributed by atoms with van der Waals surface area (Å²) in [6.45, 7) is 5.61. The Morgan fingerprint density at radius 3 is 2.43 bits per heavy atom. The number of amides is 3. The quantitative estimate of drug-likeness (QED) is 0.669. The Balaban J connectivity index is 1.62. The fourth-order valence-electron chi connectivity index (χ4n) is 3.19. The van der Waals surface area contributed by atoms with Crippen molar-refractivity contribution >= 4 is 11.9 Å². The molecule has 2 aromatic rings. The Bertz CT molecular complexity index is 797. The number of urea groups is 1. The van der Waals surface area contributed by atoms with Crippen LogP contribution in [0.2, 0.25) is 0 Å². The SMILES string of the molecule is Cc1ccc(C(CNC(=O)c2ccc(CNC(N)=O)cc2)N2CCOCC2)o1. The molecule has 8 nitrogen and oxygen atoms in total. The number of morpholine rings is 1. The number of carbonyl (C=O) groups is 2. The minimum Gasteiger partial charge on any atom is -0.465 e. The number of hydrogen-bond donors (Lipinski definition) is 3. The van der Waals surface area contributed by atoms with Crippen molar-refractivity contribution in [2.24, 2.45) is 5.73 Å². The fraction of sp³-hybridized carbons (Fsp3) is 0.400. The highest BCUT2D eigenvalue weighted by Crippen LogP contribution is 2.23. The van der Waals surface area contributed by atoms with Gasteiger partial charge in [-0.25, -0.2) is 4.79 Å². The van der Waals surface area contributed by atoms with Crippen molar-refractivity contribution in [1.82, 2.24) is 15.5 Å². The highest BCUT2D eigenvalue weighted by atomic mass is 16.5. The van der Waals surface area contributed by atoms with Gasteiger partial charge in [0.25, 0.3) is 5.91 Å². The Labute approximate surface area is 164 Å². The van der Waals surface area contributed by atoms with E-state index >= 15 is 0 Å². The van der Waals surface area contributed by atoms with E-state index in [0.29, 0.717) is 31.9 Å². The van der Waals surface area contributed by atoms with E-state index in [9.17, 15) is 9.59 Å². The van der Waals surface area contributed by atoms with E-state index in [1.165, 1.54) is 0 Å². The van der Waals surface area contributed by atoms with Crippen molar-refractivity contribution in [2.45, 2.75) is 19.5 Å². The van der Waals surface area contributed by atoms with E-state index in [1.54, 1.807) is 24.3 Å². The lowest BCUT2D eigenvalue weighted by Gasteiger charge is -2.33. The summed E-state index contributed by atoms with van der Waals surface area (Å²) >= 11 is 0. The van der Waals surface area contributed by atoms with Crippen molar-refractivity contribution in [2.75, 3.05) is 32.8 Å². The molecule has 2 heterocycles. The Kier molecular flexibility index (Phi) is 6.67. The van der Waals surface area contributed by atoms with Crippen molar-refractivity contribution < 1.29 is 18.7 Å². The third-order valence-corrected chi connectivity index (χ3v) is 4.71. The molecule has 0 spiro atoms. The summed E-state index contributed by atoms with van der Waals surface area (Å²) in [4.78, 5) is 25.6. The molecule has 3 amide bonds. The largest absolute Gasteiger partial charge is 0.465 e. The molecule has 0 bridgehead atoms. The second-order valence-electron chi connectivity index (χ2n) is 6.74. The van der Waals surface area contributed by atoms with Gasteiger partial charge in [-0.2, -0.15) is 0 Å². The first-order valence-electron chi connectivity index (χ1n) is 9.31. The predicted molar refractivity (Wildman–Crippen MR) is 104 cm³/mol. The molecule has 1 atom stereocenters. The van der Waals surface area contributed by atoms with Gasteiger partial charge in [0.1, 0.15) is 11.5 Å². The van der Waals surface area contributed by atoms with Crippen LogP contribution in [0.5, 0.6) is 0 Å². The Hall–Kier alpha value is -2.84. The summed E-state index contributed by atoms with van der Waals surface area (Å²) in [6, 6.07) is 10.3. The molecule has 1 aromatic carbocycles. The number of carbonyl (C=O) groups excluding carboxylic acids is 2. The number of nitrogens with two attached hydrogens (primary N) is 1. The van der Waals surface area contributed by atoms with Gasteiger partial charge in [0.2, 0.25) is 0 Å². The summed E-state index contributed by atoms with van der Waals surface area (Å²) in [5, 5.41) is 5.52. The molecule has 1 aliphatic rings. The summed E-state index contributed by atoms with van der Waals surface area (Å²) < 4.78 is 11.3. The van der Waals surface area contributed by atoms with Crippen LogP contribution in [0.15, 0.2) is 40.8 Å². The van der Waals surface area contributed by atoms with Gasteiger partial charge in [0.05, 0.1) is 19.3 Å². The van der Waals surface area contributed by atoms with Crippen LogP contribution in [0.3, 0.4) is 0 Å². The van der Waals surface area contributed by atoms with Crippen LogP contribution in [0, 0.1) is 6.92 Å². The zero-order valence-electron chi connectivity index (χ0n) is 15.9. The average Bonchev–Trinajstić information content (AvgIpc) is 3.13. The van der Waals surface area contributed by atoms with Crippen LogP contribution in [-0.2, 0) is 11.3 Å². The first kappa shape index (κ1) is 19.9. The summed E-state index contributed by atoms with van der Waals surface area (Å²) in [6.07, 6.45) is 0. The van der Waals surface area contributed by atoms with Gasteiger partial charge >= 0.3 is 6.03 Å². The van der Waals surface area contributed by atoms with Gasteiger partial charge in [0, 0.05) is 31.7 Å². The molecule has 150 valence electrons. The van der Waals surface area contributed by atoms with Crippen LogP contribution in [-0.4, -0.2) is 49.7 Å². The summed E-state index contributed by atoms with van der Waals surface area (Å²) in [5.74, 6) is 1.53. The van der Waals surface area contributed by atoms with E-state index < -0.39 is 6.03 Å². The van der Waals surface area contributed by atoms with Crippen molar-refractivity contribution in [1.29, 1.82) is 0 Å². The number of benzene rings is 1. The van der Waals surface area contributed by atoms with Gasteiger partial charge in [-0.15, -0.1) is 0 Å². The number of ether oxygens (including phenoxy) is 1. The number of primary amides is 1. The van der Waals surface area contributed by atoms with Gasteiger partial charge < -0.3 is 25.5 Å². The van der Waals surface area contributed by atoms with Crippen LogP contribution < -0.4 is 16.4 Å². The topological polar surface area (TPSA) is 110 Å². The van der Waals surface area contributed by atoms with Gasteiger partial charge in [0.15, 0.2) is 0 Å². The first-order chi connectivity index (χ1) is 13.5. The van der Waals surface area contributed by atoms with Crippen molar-refractivity contribution in [3.8, 4) is 0 Å². The van der Waals surface area contributed by atoms with Crippen molar-refractivity contribution in [3.63, 3.8) is 0 Å². The highest BCUT2D eigenvalue weighted by molar-refractivity contribution is 5.94. The second-order valence-corrected chi connectivity index (χ2v) is 6.74. The molecule has 1 fully saturated rings. The second kappa shape index (κ2) is 9.38. The minimum absolute atomic E-state index is 0.0411. The van der Waals surface area contributed by atoms with Crippen molar-refractivity contribution in [3.05, 3.63) is 59.0 Å². The summed E-state index contributed by atoms with van der Waals surface area (Å²) in [5.41, 5.74) is 6.49. The van der Waals surface area contributed by atoms with Crippen LogP contribution in [0.4, 0.5) is 4.79 Å². The number of aryl methyl sites for hydroxylation is 1. The molecule has 4 N–H and O–H groups in total. The monoisotopic (exact) mass is 386 g/mol. The zero-order valence-corrected chi connectivity index (χ0v) is 15.9. The van der Waals surface area contributed by atoms with Gasteiger partial charge in [-0.3, -0.25) is 9.69 Å². The number of furan rings is 1. The lowest BCUT2D eigenvalue weighted by molar-refractivity contribution is 0.0117. The normalized spacial score (nSPS) is 15.8. The maximum Gasteiger partial charge on any atom is 0.312 e. The standard InChI is InChI=1S/C20H26N4O4/c1-14-2-7-18(28-14)17(24-8-10-27-11-9-24)13-22-19(25)16-5-3-15(4-6-16)12-23-20(21)26/h2-7,17H,8-13H2,1H3,(H,22,25)(H3,21,23,26). The number of hydrogen-bond acceptors (Lipinski definition) is 5. The van der Waals surface area contributed by atoms with E-state index in [0.717, 1.165) is 30.2 Å². The number of rotatable bonds is 7. The number of nitrogens with one attached hydrogen (secondary N) is 2. The molecule has 28 heavy (non-hydrogen) atoms. The summed E-state index contributed by atoms with van der Waals surface area (Å²) in [7, 11) is 0. The molecular weight excluding hydrogens is 360 g/mol. The Morgan fingerprint density at radius 2 is 1.82 bits per heavy atom. The lowest BCUT2D eigenvalue weighted by atomic mass is 10.1. The third-order valence-electron chi connectivity index (χ3n) is 4.71. The zero-order chi connectivity index (χ0) is 19.9. The molecule has 1 saturated heterocycles. The van der Waals surface area contributed by atoms with E-state index in [-0.39, 0.29) is 11.9 Å². The van der Waals surface area contributed by atoms with Gasteiger partial charge in [-0.1, -0.05) is 12.1 Å². The van der Waals surface area contributed by atoms with Gasteiger partial charge in [-0.05, 0) is 36.8 Å². The van der Waals surface area contributed by atoms with Crippen LogP contribution in [0.1, 0.15) is 33.5 Å². The molecule has 1 aliphatic heterocycles. The molecule has 1 aromatic heterocycles. The lowest BCUT2D eigenvalue weighted by Crippen LogP contribution is -2.43. The third kappa shape index (κ3) is 5.34. The van der Waals surface area contributed by atoms with E-state index in [1.807, 2.05) is 19.1 Å². The molecule has 0 radical (unpaired) electrons. The molecular formula is C20H26N4O4. The average molecular weight is 386 g/mol. The van der Waals surface area contributed by atoms with Crippen LogP contribution in [0.25, 0.3) is 0 Å². The van der Waals surface area contributed by atoms with E-state index in [2.05, 4.69) is 15.5 Å². The Morgan fingerprint density at radius 1 is 1.11 bits per heavy atom. The molecule has 0 aliphatic carbocycles. The number of nitrogens with zero attached hydrogens (tertiary/aromatic N) is 1. The maximum absolute atomic E-state index is 12.6. The molecule has 1 unspecified atom stereocenters. The minimum atomic E-state index is -0.580. The van der Waals surface area contributed by atoms with E-state index in [4.69, 9.17) is 14.9 Å². The molecule has 0 saturated carbocycles. The highest BCUT2D eigenvalue weighted by Gasteiger charge is 2.25. The maximum atomic E-state index is 12.6. The molecule has 8 heteroatoms. The fourth-order valence-corrected chi connectivity index (χ4v) is 3.19. The van der Waals surface area contributed by atoms with Crippen LogP contribution >= 0.6 is 0 Å². The molecule has 3 rings (SSSR count). The predicted octanol–water partition coefficient (Wildman–Crippen LogP) is 1.56. The first-order valence-corrected chi connectivity index (χ1v) is 9.31.